The average molecular weight is 473 g/mol. The van der Waals surface area contributed by atoms with E-state index in [1.165, 1.54) is 6.92 Å². The summed E-state index contributed by atoms with van der Waals surface area (Å²) in [6, 6.07) is 0. The first-order valence-electron chi connectivity index (χ1n) is 13.6. The molecule has 0 radical (unpaired) electrons. The number of aliphatic hydroxyl groups excluding tert-OH is 1. The molecule has 5 aliphatic rings. The fourth-order valence-electron chi connectivity index (χ4n) is 10.4. The van der Waals surface area contributed by atoms with Crippen LogP contribution in [-0.4, -0.2) is 35.4 Å². The summed E-state index contributed by atoms with van der Waals surface area (Å²) in [6.07, 6.45) is 7.39. The molecular weight excluding hydrogens is 428 g/mol. The topological polar surface area (TPSA) is 72.8 Å². The second-order valence-corrected chi connectivity index (χ2v) is 13.3. The second-order valence-electron chi connectivity index (χ2n) is 13.3. The van der Waals surface area contributed by atoms with Gasteiger partial charge in [0.1, 0.15) is 12.2 Å². The molecule has 0 aromatic heterocycles. The highest BCUT2D eigenvalue weighted by atomic mass is 16.5. The molecule has 0 bridgehead atoms. The van der Waals surface area contributed by atoms with Gasteiger partial charge in [0.2, 0.25) is 0 Å². The van der Waals surface area contributed by atoms with Gasteiger partial charge in [0.25, 0.3) is 0 Å². The number of hydrogen-bond donors (Lipinski definition) is 1. The van der Waals surface area contributed by atoms with Crippen LogP contribution in [0, 0.1) is 39.4 Å². The molecule has 1 aliphatic heterocycles. The zero-order valence-corrected chi connectivity index (χ0v) is 22.2. The van der Waals surface area contributed by atoms with Crippen LogP contribution in [0.3, 0.4) is 0 Å². The lowest BCUT2D eigenvalue weighted by Crippen LogP contribution is -2.66. The normalized spacial score (nSPS) is 50.9. The van der Waals surface area contributed by atoms with Crippen LogP contribution in [0.4, 0.5) is 0 Å². The van der Waals surface area contributed by atoms with Crippen LogP contribution in [0.25, 0.3) is 0 Å². The van der Waals surface area contributed by atoms with Gasteiger partial charge in [-0.3, -0.25) is 4.79 Å². The molecule has 0 aromatic carbocycles. The van der Waals surface area contributed by atoms with E-state index in [0.717, 1.165) is 62.5 Å². The Bertz CT molecular complexity index is 939. The van der Waals surface area contributed by atoms with Crippen LogP contribution in [0.15, 0.2) is 11.1 Å². The van der Waals surface area contributed by atoms with E-state index in [9.17, 15) is 14.7 Å². The van der Waals surface area contributed by atoms with Gasteiger partial charge in [-0.1, -0.05) is 34.1 Å². The average Bonchev–Trinajstić information content (AvgIpc) is 3.04. The maximum Gasteiger partial charge on any atom is 0.335 e. The quantitative estimate of drug-likeness (QED) is 0.531. The standard InChI is InChI=1S/C29H44O5/c1-16-19-9-10-21-28(6)14-11-20-26(4,17(2)34-18(3)30)12-8-13-27(20,5)22(28)15-23(31)29(21,7)24(19)25(32)33-16/h16-17,20-23,31H,8-15H2,1-7H3/t16-,17-,20-,21-,22+,23+,26+,27-,28-,29+/m0/s1. The number of carbonyl (C=O) groups is 2. The third-order valence-electron chi connectivity index (χ3n) is 12.1. The molecule has 5 heteroatoms. The predicted octanol–water partition coefficient (Wildman–Crippen LogP) is 5.59. The summed E-state index contributed by atoms with van der Waals surface area (Å²) in [5.41, 5.74) is 1.48. The maximum atomic E-state index is 13.0. The van der Waals surface area contributed by atoms with Gasteiger partial charge < -0.3 is 14.6 Å². The minimum absolute atomic E-state index is 0.0569. The Balaban J connectivity index is 1.55. The molecular formula is C29H44O5. The molecule has 190 valence electrons. The number of rotatable bonds is 2. The highest BCUT2D eigenvalue weighted by molar-refractivity contribution is 5.94. The van der Waals surface area contributed by atoms with Crippen molar-refractivity contribution in [1.82, 2.24) is 0 Å². The van der Waals surface area contributed by atoms with E-state index in [0.29, 0.717) is 11.8 Å². The largest absolute Gasteiger partial charge is 0.462 e. The summed E-state index contributed by atoms with van der Waals surface area (Å²) in [4.78, 5) is 24.8. The van der Waals surface area contributed by atoms with E-state index in [1.54, 1.807) is 0 Å². The number of carbonyl (C=O) groups excluding carboxylic acids is 2. The third kappa shape index (κ3) is 2.94. The highest BCUT2D eigenvalue weighted by Gasteiger charge is 2.69. The molecule has 10 atom stereocenters. The van der Waals surface area contributed by atoms with Crippen molar-refractivity contribution in [2.75, 3.05) is 0 Å². The summed E-state index contributed by atoms with van der Waals surface area (Å²) in [6.45, 7) is 15.0. The molecule has 0 saturated heterocycles. The molecule has 34 heavy (non-hydrogen) atoms. The number of cyclic esters (lactones) is 1. The zero-order chi connectivity index (χ0) is 24.8. The molecule has 1 N–H and O–H groups in total. The van der Waals surface area contributed by atoms with E-state index >= 15 is 0 Å². The molecule has 4 aliphatic carbocycles. The van der Waals surface area contributed by atoms with Crippen molar-refractivity contribution in [3.8, 4) is 0 Å². The molecule has 0 unspecified atom stereocenters. The van der Waals surface area contributed by atoms with Crippen molar-refractivity contribution in [1.29, 1.82) is 0 Å². The first kappa shape index (κ1) is 24.3. The molecule has 5 nitrogen and oxygen atoms in total. The highest BCUT2D eigenvalue weighted by Crippen LogP contribution is 2.73. The van der Waals surface area contributed by atoms with E-state index < -0.39 is 11.5 Å². The van der Waals surface area contributed by atoms with Crippen LogP contribution in [0.1, 0.15) is 99.8 Å². The third-order valence-corrected chi connectivity index (χ3v) is 12.1. The molecule has 5 rings (SSSR count). The summed E-state index contributed by atoms with van der Waals surface area (Å²) in [7, 11) is 0. The molecule has 0 amide bonds. The fraction of sp³-hybridized carbons (Fsp3) is 0.862. The van der Waals surface area contributed by atoms with E-state index in [2.05, 4.69) is 34.6 Å². The molecule has 0 aromatic rings. The maximum absolute atomic E-state index is 13.0. The zero-order valence-electron chi connectivity index (χ0n) is 22.2. The minimum atomic E-state index is -0.548. The Morgan fingerprint density at radius 1 is 1.06 bits per heavy atom. The van der Waals surface area contributed by atoms with Gasteiger partial charge in [0.05, 0.1) is 6.10 Å². The van der Waals surface area contributed by atoms with Crippen molar-refractivity contribution in [2.45, 2.75) is 118 Å². The van der Waals surface area contributed by atoms with Crippen LogP contribution >= 0.6 is 0 Å². The van der Waals surface area contributed by atoms with Crippen molar-refractivity contribution in [2.24, 2.45) is 39.4 Å². The van der Waals surface area contributed by atoms with Crippen LogP contribution in [-0.2, 0) is 19.1 Å². The van der Waals surface area contributed by atoms with Crippen molar-refractivity contribution < 1.29 is 24.2 Å². The lowest BCUT2D eigenvalue weighted by Gasteiger charge is -2.70. The van der Waals surface area contributed by atoms with Gasteiger partial charge in [-0.05, 0) is 93.0 Å². The van der Waals surface area contributed by atoms with Gasteiger partial charge in [0, 0.05) is 23.3 Å². The van der Waals surface area contributed by atoms with Gasteiger partial charge in [-0.2, -0.15) is 0 Å². The van der Waals surface area contributed by atoms with Crippen LogP contribution < -0.4 is 0 Å². The van der Waals surface area contributed by atoms with E-state index in [4.69, 9.17) is 9.47 Å². The lowest BCUT2D eigenvalue weighted by molar-refractivity contribution is -0.232. The Morgan fingerprint density at radius 3 is 2.41 bits per heavy atom. The van der Waals surface area contributed by atoms with Crippen molar-refractivity contribution >= 4 is 11.9 Å². The first-order valence-corrected chi connectivity index (χ1v) is 13.6. The smallest absolute Gasteiger partial charge is 0.335 e. The van der Waals surface area contributed by atoms with Gasteiger partial charge in [0.15, 0.2) is 0 Å². The van der Waals surface area contributed by atoms with E-state index in [-0.39, 0.29) is 46.3 Å². The van der Waals surface area contributed by atoms with Gasteiger partial charge >= 0.3 is 11.9 Å². The molecule has 1 heterocycles. The summed E-state index contributed by atoms with van der Waals surface area (Å²) < 4.78 is 11.5. The van der Waals surface area contributed by atoms with E-state index in [1.807, 2.05) is 6.92 Å². The monoisotopic (exact) mass is 472 g/mol. The number of fused-ring (bicyclic) bond motifs is 6. The Morgan fingerprint density at radius 2 is 1.74 bits per heavy atom. The molecule has 3 saturated carbocycles. The molecule has 3 fully saturated rings. The van der Waals surface area contributed by atoms with Crippen LogP contribution in [0.2, 0.25) is 0 Å². The van der Waals surface area contributed by atoms with Gasteiger partial charge in [-0.15, -0.1) is 0 Å². The number of ether oxygens (including phenoxy) is 2. The van der Waals surface area contributed by atoms with Crippen molar-refractivity contribution in [3.63, 3.8) is 0 Å². The lowest BCUT2D eigenvalue weighted by atomic mass is 9.34. The summed E-state index contributed by atoms with van der Waals surface area (Å²) in [5.74, 6) is 0.702. The van der Waals surface area contributed by atoms with Crippen molar-refractivity contribution in [3.05, 3.63) is 11.1 Å². The fourth-order valence-corrected chi connectivity index (χ4v) is 10.4. The predicted molar refractivity (Wildman–Crippen MR) is 130 cm³/mol. The second kappa shape index (κ2) is 7.57. The summed E-state index contributed by atoms with van der Waals surface area (Å²) in [5, 5.41) is 11.8. The van der Waals surface area contributed by atoms with Crippen LogP contribution in [0.5, 0.6) is 0 Å². The Kier molecular flexibility index (Phi) is 5.42. The minimum Gasteiger partial charge on any atom is -0.462 e. The Hall–Kier alpha value is -1.36. The SMILES string of the molecule is CC(=O)O[C@@H](C)[C@@]1(C)CCC[C@@]2(C)[C@H]1CC[C@]1(C)[C@@H]2C[C@@H](O)[C@]2(C)C3=C(CC[C@@H]12)[C@H](C)OC3=O. The number of hydrogen-bond acceptors (Lipinski definition) is 5. The Labute approximate surface area is 205 Å². The number of aliphatic hydroxyl groups is 1. The summed E-state index contributed by atoms with van der Waals surface area (Å²) >= 11 is 0. The number of esters is 2. The first-order chi connectivity index (χ1) is 15.8. The van der Waals surface area contributed by atoms with Gasteiger partial charge in [-0.25, -0.2) is 4.79 Å². The molecule has 0 spiro atoms.